The van der Waals surface area contributed by atoms with Crippen molar-refractivity contribution in [2.45, 2.75) is 39.3 Å². The molecule has 3 aromatic rings. The van der Waals surface area contributed by atoms with E-state index in [0.717, 1.165) is 55.9 Å². The normalized spacial score (nSPS) is 17.0. The summed E-state index contributed by atoms with van der Waals surface area (Å²) < 4.78 is 2.30. The van der Waals surface area contributed by atoms with Crippen molar-refractivity contribution in [1.82, 2.24) is 19.9 Å². The molecule has 1 atom stereocenters. The van der Waals surface area contributed by atoms with Crippen LogP contribution in [0.4, 0.5) is 5.95 Å². The standard InChI is InChI=1S/C22H27N5O/c1-2-13-27-20-8-4-3-7-19(20)25-22(27)26-14-5-6-18(16-26)21(28)24-15-17-9-11-23-12-10-17/h3-4,7-12,18H,2,5-6,13-16H2,1H3,(H,24,28). The first kappa shape index (κ1) is 18.5. The fourth-order valence-corrected chi connectivity index (χ4v) is 3.96. The summed E-state index contributed by atoms with van der Waals surface area (Å²) in [6.07, 6.45) is 6.48. The monoisotopic (exact) mass is 377 g/mol. The van der Waals surface area contributed by atoms with Crippen molar-refractivity contribution in [1.29, 1.82) is 0 Å². The molecule has 1 amide bonds. The topological polar surface area (TPSA) is 63.1 Å². The van der Waals surface area contributed by atoms with Gasteiger partial charge in [0, 0.05) is 38.6 Å². The van der Waals surface area contributed by atoms with Gasteiger partial charge in [-0.3, -0.25) is 9.78 Å². The molecule has 146 valence electrons. The van der Waals surface area contributed by atoms with Gasteiger partial charge in [-0.15, -0.1) is 0 Å². The Bertz CT molecular complexity index is 937. The molecule has 6 nitrogen and oxygen atoms in total. The molecule has 6 heteroatoms. The van der Waals surface area contributed by atoms with Gasteiger partial charge >= 0.3 is 0 Å². The Morgan fingerprint density at radius 3 is 2.86 bits per heavy atom. The number of para-hydroxylation sites is 2. The first-order chi connectivity index (χ1) is 13.8. The first-order valence-corrected chi connectivity index (χ1v) is 10.1. The molecule has 1 unspecified atom stereocenters. The molecule has 0 spiro atoms. The Morgan fingerprint density at radius 2 is 2.04 bits per heavy atom. The molecule has 2 aromatic heterocycles. The molecule has 28 heavy (non-hydrogen) atoms. The Kier molecular flexibility index (Phi) is 5.55. The van der Waals surface area contributed by atoms with Crippen LogP contribution in [-0.4, -0.2) is 33.5 Å². The lowest BCUT2D eigenvalue weighted by Gasteiger charge is -2.33. The average Bonchev–Trinajstić information content (AvgIpc) is 3.12. The van der Waals surface area contributed by atoms with Crippen molar-refractivity contribution in [3.05, 3.63) is 54.4 Å². The lowest BCUT2D eigenvalue weighted by molar-refractivity contribution is -0.125. The van der Waals surface area contributed by atoms with Crippen LogP contribution in [-0.2, 0) is 17.9 Å². The van der Waals surface area contributed by atoms with Crippen LogP contribution in [0.3, 0.4) is 0 Å². The minimum Gasteiger partial charge on any atom is -0.352 e. The molecule has 1 aliphatic rings. The van der Waals surface area contributed by atoms with Crippen molar-refractivity contribution in [2.24, 2.45) is 5.92 Å². The smallest absolute Gasteiger partial charge is 0.225 e. The molecule has 3 heterocycles. The van der Waals surface area contributed by atoms with Gasteiger partial charge in [0.2, 0.25) is 11.9 Å². The predicted molar refractivity (Wildman–Crippen MR) is 111 cm³/mol. The number of hydrogen-bond donors (Lipinski definition) is 1. The third kappa shape index (κ3) is 3.86. The van der Waals surface area contributed by atoms with Crippen molar-refractivity contribution in [2.75, 3.05) is 18.0 Å². The minimum atomic E-state index is -0.00882. The second kappa shape index (κ2) is 8.42. The van der Waals surface area contributed by atoms with Gasteiger partial charge in [-0.05, 0) is 49.1 Å². The average molecular weight is 377 g/mol. The fraction of sp³-hybridized carbons (Fsp3) is 0.409. The Hall–Kier alpha value is -2.89. The van der Waals surface area contributed by atoms with Gasteiger partial charge in [-0.25, -0.2) is 4.98 Å². The van der Waals surface area contributed by atoms with Gasteiger partial charge in [0.05, 0.1) is 17.0 Å². The van der Waals surface area contributed by atoms with E-state index in [-0.39, 0.29) is 11.8 Å². The number of pyridine rings is 1. The van der Waals surface area contributed by atoms with Crippen LogP contribution in [0.25, 0.3) is 11.0 Å². The van der Waals surface area contributed by atoms with Crippen LogP contribution >= 0.6 is 0 Å². The van der Waals surface area contributed by atoms with E-state index in [4.69, 9.17) is 4.98 Å². The van der Waals surface area contributed by atoms with Crippen LogP contribution in [0.1, 0.15) is 31.7 Å². The van der Waals surface area contributed by atoms with Crippen molar-refractivity contribution < 1.29 is 4.79 Å². The fourth-order valence-electron chi connectivity index (χ4n) is 3.96. The molecule has 0 bridgehead atoms. The number of carbonyl (C=O) groups excluding carboxylic acids is 1. The van der Waals surface area contributed by atoms with Crippen LogP contribution < -0.4 is 10.2 Å². The number of nitrogens with one attached hydrogen (secondary N) is 1. The molecule has 1 aliphatic heterocycles. The number of anilines is 1. The van der Waals surface area contributed by atoms with E-state index in [9.17, 15) is 4.79 Å². The van der Waals surface area contributed by atoms with Crippen LogP contribution in [0.15, 0.2) is 48.8 Å². The maximum atomic E-state index is 12.8. The highest BCUT2D eigenvalue weighted by atomic mass is 16.1. The summed E-state index contributed by atoms with van der Waals surface area (Å²) in [6.45, 7) is 5.33. The van der Waals surface area contributed by atoms with Crippen molar-refractivity contribution in [3.63, 3.8) is 0 Å². The molecule has 0 saturated carbocycles. The number of rotatable bonds is 6. The molecule has 1 aromatic carbocycles. The lowest BCUT2D eigenvalue weighted by Crippen LogP contribution is -2.43. The molecule has 0 radical (unpaired) electrons. The summed E-state index contributed by atoms with van der Waals surface area (Å²) in [5.41, 5.74) is 3.26. The van der Waals surface area contributed by atoms with E-state index < -0.39 is 0 Å². The summed E-state index contributed by atoms with van der Waals surface area (Å²) in [5.74, 6) is 1.11. The number of piperidine rings is 1. The van der Waals surface area contributed by atoms with E-state index in [1.807, 2.05) is 18.2 Å². The van der Waals surface area contributed by atoms with Crippen molar-refractivity contribution in [3.8, 4) is 0 Å². The van der Waals surface area contributed by atoms with Gasteiger partial charge in [-0.1, -0.05) is 19.1 Å². The number of imidazole rings is 1. The van der Waals surface area contributed by atoms with E-state index in [2.05, 4.69) is 44.9 Å². The van der Waals surface area contributed by atoms with Gasteiger partial charge < -0.3 is 14.8 Å². The number of aromatic nitrogens is 3. The Morgan fingerprint density at radius 1 is 1.21 bits per heavy atom. The largest absolute Gasteiger partial charge is 0.352 e. The Labute approximate surface area is 165 Å². The van der Waals surface area contributed by atoms with Crippen molar-refractivity contribution >= 4 is 22.9 Å². The SMILES string of the molecule is CCCn1c(N2CCCC(C(=O)NCc3ccncc3)C2)nc2ccccc21. The predicted octanol–water partition coefficient (Wildman–Crippen LogP) is 3.37. The number of hydrogen-bond acceptors (Lipinski definition) is 4. The zero-order chi connectivity index (χ0) is 19.3. The van der Waals surface area contributed by atoms with Crippen LogP contribution in [0.2, 0.25) is 0 Å². The quantitative estimate of drug-likeness (QED) is 0.715. The summed E-state index contributed by atoms with van der Waals surface area (Å²) in [6, 6.07) is 12.1. The van der Waals surface area contributed by atoms with Gasteiger partial charge in [0.15, 0.2) is 0 Å². The number of nitrogens with zero attached hydrogens (tertiary/aromatic N) is 4. The van der Waals surface area contributed by atoms with Crippen LogP contribution in [0.5, 0.6) is 0 Å². The van der Waals surface area contributed by atoms with Gasteiger partial charge in [0.1, 0.15) is 0 Å². The minimum absolute atomic E-state index is 0.00882. The highest BCUT2D eigenvalue weighted by molar-refractivity contribution is 5.81. The number of amides is 1. The lowest BCUT2D eigenvalue weighted by atomic mass is 9.97. The molecule has 0 aliphatic carbocycles. The highest BCUT2D eigenvalue weighted by Gasteiger charge is 2.28. The molecular weight excluding hydrogens is 350 g/mol. The third-order valence-corrected chi connectivity index (χ3v) is 5.37. The number of carbonyl (C=O) groups is 1. The first-order valence-electron chi connectivity index (χ1n) is 10.1. The van der Waals surface area contributed by atoms with E-state index in [1.165, 1.54) is 5.52 Å². The number of aryl methyl sites for hydroxylation is 1. The van der Waals surface area contributed by atoms with E-state index >= 15 is 0 Å². The summed E-state index contributed by atoms with van der Waals surface area (Å²) in [7, 11) is 0. The number of fused-ring (bicyclic) bond motifs is 1. The third-order valence-electron chi connectivity index (χ3n) is 5.37. The molecule has 4 rings (SSSR count). The van der Waals surface area contributed by atoms with E-state index in [0.29, 0.717) is 6.54 Å². The summed E-state index contributed by atoms with van der Waals surface area (Å²) in [5, 5.41) is 3.09. The van der Waals surface area contributed by atoms with E-state index in [1.54, 1.807) is 12.4 Å². The summed E-state index contributed by atoms with van der Waals surface area (Å²) in [4.78, 5) is 23.9. The second-order valence-electron chi connectivity index (χ2n) is 7.41. The van der Waals surface area contributed by atoms with Crippen LogP contribution in [0, 0.1) is 5.92 Å². The molecular formula is C22H27N5O. The summed E-state index contributed by atoms with van der Waals surface area (Å²) >= 11 is 0. The number of benzene rings is 1. The molecule has 1 N–H and O–H groups in total. The molecule has 1 fully saturated rings. The zero-order valence-corrected chi connectivity index (χ0v) is 16.3. The second-order valence-corrected chi connectivity index (χ2v) is 7.41. The van der Waals surface area contributed by atoms with Gasteiger partial charge in [-0.2, -0.15) is 0 Å². The maximum absolute atomic E-state index is 12.8. The maximum Gasteiger partial charge on any atom is 0.225 e. The van der Waals surface area contributed by atoms with Gasteiger partial charge in [0.25, 0.3) is 0 Å². The zero-order valence-electron chi connectivity index (χ0n) is 16.3. The molecule has 1 saturated heterocycles. The highest BCUT2D eigenvalue weighted by Crippen LogP contribution is 2.27. The Balaban J connectivity index is 1.48.